The molecule has 6 aliphatic heterocycles. The van der Waals surface area contributed by atoms with Gasteiger partial charge in [-0.2, -0.15) is 0 Å². The minimum absolute atomic E-state index is 0.0709. The summed E-state index contributed by atoms with van der Waals surface area (Å²) < 4.78 is 11.4. The Hall–Kier alpha value is -7.23. The van der Waals surface area contributed by atoms with Gasteiger partial charge >= 0.3 is 6.03 Å². The molecule has 0 unspecified atom stereocenters. The summed E-state index contributed by atoms with van der Waals surface area (Å²) in [7, 11) is 0. The van der Waals surface area contributed by atoms with E-state index >= 15 is 0 Å². The van der Waals surface area contributed by atoms with Crippen molar-refractivity contribution in [2.45, 2.75) is 90.5 Å². The Morgan fingerprint density at radius 2 is 1.24 bits per heavy atom. The molecule has 15 nitrogen and oxygen atoms in total. The van der Waals surface area contributed by atoms with E-state index in [9.17, 15) is 4.79 Å². The smallest absolute Gasteiger partial charge is 0.329 e. The summed E-state index contributed by atoms with van der Waals surface area (Å²) in [6.07, 6.45) is 15.2. The maximum atomic E-state index is 13.7. The Morgan fingerprint density at radius 1 is 0.671 bits per heavy atom. The first-order valence-corrected chi connectivity index (χ1v) is 24.3. The predicted molar refractivity (Wildman–Crippen MR) is 279 cm³/mol. The van der Waals surface area contributed by atoms with Crippen LogP contribution in [0, 0.1) is 13.8 Å². The van der Waals surface area contributed by atoms with Crippen LogP contribution in [0.2, 0.25) is 0 Å². The van der Waals surface area contributed by atoms with Crippen LogP contribution in [0.15, 0.2) is 110 Å². The van der Waals surface area contributed by atoms with E-state index in [2.05, 4.69) is 104 Å². The molecule has 360 valence electrons. The Balaban J connectivity index is 0.000000138. The highest BCUT2D eigenvalue weighted by Crippen LogP contribution is 2.41. The Labute approximate surface area is 410 Å². The lowest BCUT2D eigenvalue weighted by Crippen LogP contribution is -2.48. The Kier molecular flexibility index (Phi) is 12.8. The quantitative estimate of drug-likeness (QED) is 0.149. The second-order valence-electron chi connectivity index (χ2n) is 20.1. The van der Waals surface area contributed by atoms with Crippen LogP contribution in [0.3, 0.4) is 0 Å². The SMILES string of the molecule is CC1(C)CC(c2ccnc(N)c2)=CCO1.Cc1cc(-c2ccc3c(n2)N(C(=O)Nc2cc(C4=CCOC(C)(C)C4)ccn2)[C@H]2CCN3C2)ccn1.Cc1cc(-c2ccc3c(n2)N[C@H]2CCN3C2)ccn1. The molecule has 2 atom stereocenters. The van der Waals surface area contributed by atoms with E-state index in [1.54, 1.807) is 18.6 Å². The zero-order chi connectivity index (χ0) is 48.6. The maximum Gasteiger partial charge on any atom is 0.329 e. The number of pyridine rings is 6. The fourth-order valence-electron chi connectivity index (χ4n) is 10.2. The van der Waals surface area contributed by atoms with E-state index in [1.807, 2.05) is 73.5 Å². The van der Waals surface area contributed by atoms with Gasteiger partial charge in [0.25, 0.3) is 0 Å². The average molecular weight is 939 g/mol. The van der Waals surface area contributed by atoms with E-state index in [0.717, 1.165) is 102 Å². The Morgan fingerprint density at radius 3 is 1.89 bits per heavy atom. The first-order valence-electron chi connectivity index (χ1n) is 24.3. The molecule has 0 spiro atoms. The number of nitrogens with one attached hydrogen (secondary N) is 2. The molecule has 70 heavy (non-hydrogen) atoms. The van der Waals surface area contributed by atoms with Crippen molar-refractivity contribution < 1.29 is 14.3 Å². The monoisotopic (exact) mass is 939 g/mol. The molecule has 0 saturated carbocycles. The van der Waals surface area contributed by atoms with Crippen molar-refractivity contribution in [1.82, 2.24) is 29.9 Å². The maximum absolute atomic E-state index is 13.7. The number of aryl methyl sites for hydroxylation is 2. The molecule has 4 N–H and O–H groups in total. The third-order valence-corrected chi connectivity index (χ3v) is 13.7. The second kappa shape index (κ2) is 19.3. The molecular weight excluding hydrogens is 877 g/mol. The lowest BCUT2D eigenvalue weighted by Gasteiger charge is -2.35. The minimum atomic E-state index is -0.209. The fraction of sp³-hybridized carbons (Fsp3) is 0.364. The van der Waals surface area contributed by atoms with Gasteiger partial charge in [-0.05, 0) is 149 Å². The van der Waals surface area contributed by atoms with Crippen LogP contribution in [0.4, 0.5) is 39.4 Å². The third kappa shape index (κ3) is 10.4. The number of carbonyl (C=O) groups is 1. The van der Waals surface area contributed by atoms with Crippen molar-refractivity contribution in [1.29, 1.82) is 0 Å². The van der Waals surface area contributed by atoms with E-state index in [1.165, 1.54) is 23.3 Å². The standard InChI is InChI=1S/C28H30N6O2.C15H16N4.C12H16N2O/c1-18-14-20(7-10-29-18)23-4-5-24-26(31-23)34(22-8-12-33(24)17-22)27(35)32-25-15-19(6-11-30-25)21-9-13-36-28(2,3)16-21;1-10-8-11(4-6-16-10)13-2-3-14-15(18-13)17-12-5-7-19(14)9-12;1-12(2)8-10(4-6-15-12)9-3-5-14-11(13)7-9/h4-7,9-11,14-15,22H,8,12-13,16-17H2,1-3H3,(H,30,32,35);2-4,6,8,12H,5,7,9H2,1H3,(H,17,18);3-5,7H,6,8H2,1-2H3,(H2,13,14)/t22-;12-;/m00./s1. The molecular formula is C55H62N12O3. The number of hydrogen-bond acceptors (Lipinski definition) is 13. The molecule has 0 aliphatic carbocycles. The summed E-state index contributed by atoms with van der Waals surface area (Å²) in [5, 5.41) is 6.60. The van der Waals surface area contributed by atoms with E-state index in [4.69, 9.17) is 25.2 Å². The normalized spacial score (nSPS) is 20.0. The third-order valence-electron chi connectivity index (χ3n) is 13.7. The highest BCUT2D eigenvalue weighted by Gasteiger charge is 2.41. The van der Waals surface area contributed by atoms with Crippen molar-refractivity contribution >= 4 is 51.8 Å². The summed E-state index contributed by atoms with van der Waals surface area (Å²) in [5.74, 6) is 2.82. The zero-order valence-corrected chi connectivity index (χ0v) is 40.9. The average Bonchev–Trinajstić information content (AvgIpc) is 3.95. The van der Waals surface area contributed by atoms with Crippen LogP contribution < -0.4 is 31.1 Å². The molecule has 12 rings (SSSR count). The van der Waals surface area contributed by atoms with Crippen LogP contribution in [-0.2, 0) is 9.47 Å². The second-order valence-corrected chi connectivity index (χ2v) is 20.1. The summed E-state index contributed by atoms with van der Waals surface area (Å²) in [6.45, 7) is 17.6. The molecule has 2 fully saturated rings. The van der Waals surface area contributed by atoms with Gasteiger partial charge in [-0.3, -0.25) is 20.2 Å². The molecule has 0 aromatic carbocycles. The largest absolute Gasteiger partial charge is 0.384 e. The predicted octanol–water partition coefficient (Wildman–Crippen LogP) is 9.76. The topological polar surface area (TPSA) is 173 Å². The molecule has 4 bridgehead atoms. The number of ether oxygens (including phenoxy) is 2. The number of nitrogens with zero attached hydrogens (tertiary/aromatic N) is 9. The molecule has 2 amide bonds. The number of nitrogens with two attached hydrogens (primary N) is 1. The van der Waals surface area contributed by atoms with Gasteiger partial charge in [-0.15, -0.1) is 0 Å². The number of hydrogen-bond donors (Lipinski definition) is 3. The van der Waals surface area contributed by atoms with E-state index < -0.39 is 0 Å². The number of anilines is 6. The number of carbonyl (C=O) groups excluding carboxylic acids is 1. The van der Waals surface area contributed by atoms with Crippen LogP contribution in [0.1, 0.15) is 75.9 Å². The van der Waals surface area contributed by atoms with Crippen LogP contribution in [-0.4, -0.2) is 98.6 Å². The molecule has 15 heteroatoms. The molecule has 6 aromatic heterocycles. The van der Waals surface area contributed by atoms with Crippen LogP contribution in [0.25, 0.3) is 33.7 Å². The number of aromatic nitrogens is 6. The number of urea groups is 1. The van der Waals surface area contributed by atoms with Crippen molar-refractivity contribution in [3.63, 3.8) is 0 Å². The van der Waals surface area contributed by atoms with Crippen LogP contribution in [0.5, 0.6) is 0 Å². The van der Waals surface area contributed by atoms with Gasteiger partial charge in [0.15, 0.2) is 11.6 Å². The fourth-order valence-corrected chi connectivity index (χ4v) is 10.2. The van der Waals surface area contributed by atoms with Gasteiger partial charge in [0.1, 0.15) is 11.6 Å². The van der Waals surface area contributed by atoms with Gasteiger partial charge in [0, 0.05) is 92.4 Å². The Bertz CT molecular complexity index is 2990. The molecule has 0 radical (unpaired) electrons. The van der Waals surface area contributed by atoms with E-state index in [-0.39, 0.29) is 23.3 Å². The van der Waals surface area contributed by atoms with Gasteiger partial charge in [-0.1, -0.05) is 12.2 Å². The number of fused-ring (bicyclic) bond motifs is 8. The molecule has 2 saturated heterocycles. The van der Waals surface area contributed by atoms with Crippen LogP contribution >= 0.6 is 0 Å². The minimum Gasteiger partial charge on any atom is -0.384 e. The molecule has 6 aromatic rings. The highest BCUT2D eigenvalue weighted by molar-refractivity contribution is 6.04. The number of nitrogen functional groups attached to an aromatic ring is 1. The summed E-state index contributed by atoms with van der Waals surface area (Å²) in [4.78, 5) is 47.0. The lowest BCUT2D eigenvalue weighted by molar-refractivity contribution is -0.00333. The first-order chi connectivity index (χ1) is 33.7. The van der Waals surface area contributed by atoms with E-state index in [0.29, 0.717) is 36.7 Å². The highest BCUT2D eigenvalue weighted by atomic mass is 16.5. The van der Waals surface area contributed by atoms with Gasteiger partial charge in [-0.25, -0.2) is 24.7 Å². The summed E-state index contributed by atoms with van der Waals surface area (Å²) in [5.41, 5.74) is 18.2. The molecule has 12 heterocycles. The number of rotatable bonds is 5. The number of amides is 2. The van der Waals surface area contributed by atoms with Gasteiger partial charge < -0.3 is 30.3 Å². The van der Waals surface area contributed by atoms with Crippen molar-refractivity contribution in [2.24, 2.45) is 0 Å². The van der Waals surface area contributed by atoms with Gasteiger partial charge in [0.05, 0.1) is 53.2 Å². The molecule has 6 aliphatic rings. The first kappa shape index (κ1) is 46.5. The summed E-state index contributed by atoms with van der Waals surface area (Å²) in [6, 6.07) is 24.7. The summed E-state index contributed by atoms with van der Waals surface area (Å²) >= 11 is 0. The van der Waals surface area contributed by atoms with Crippen molar-refractivity contribution in [3.05, 3.63) is 132 Å². The van der Waals surface area contributed by atoms with Crippen molar-refractivity contribution in [2.75, 3.05) is 70.5 Å². The van der Waals surface area contributed by atoms with Gasteiger partial charge in [0.2, 0.25) is 0 Å². The zero-order valence-electron chi connectivity index (χ0n) is 40.9. The van der Waals surface area contributed by atoms with Crippen molar-refractivity contribution in [3.8, 4) is 22.5 Å². The lowest BCUT2D eigenvalue weighted by atomic mass is 9.91.